The summed E-state index contributed by atoms with van der Waals surface area (Å²) in [5.74, 6) is 0.431. The first-order valence-electron chi connectivity index (χ1n) is 15.4. The van der Waals surface area contributed by atoms with Crippen molar-refractivity contribution in [3.05, 3.63) is 120 Å². The second-order valence-electron chi connectivity index (χ2n) is 12.3. The van der Waals surface area contributed by atoms with Crippen molar-refractivity contribution in [2.24, 2.45) is 0 Å². The van der Waals surface area contributed by atoms with Gasteiger partial charge >= 0.3 is 6.09 Å². The van der Waals surface area contributed by atoms with Crippen molar-refractivity contribution in [3.63, 3.8) is 0 Å². The number of nitrogens with zero attached hydrogens (tertiary/aromatic N) is 1. The van der Waals surface area contributed by atoms with Gasteiger partial charge in [0.2, 0.25) is 5.88 Å². The molecule has 0 saturated carbocycles. The Balaban J connectivity index is 1.57. The van der Waals surface area contributed by atoms with Gasteiger partial charge in [-0.1, -0.05) is 91.0 Å². The predicted molar refractivity (Wildman–Crippen MR) is 177 cm³/mol. The third-order valence-electron chi connectivity index (χ3n) is 7.72. The van der Waals surface area contributed by atoms with Crippen molar-refractivity contribution < 1.29 is 24.5 Å². The molecule has 4 N–H and O–H groups in total. The third-order valence-corrected chi connectivity index (χ3v) is 7.72. The van der Waals surface area contributed by atoms with Crippen LogP contribution in [0.4, 0.5) is 4.79 Å². The molecule has 0 aliphatic heterocycles. The van der Waals surface area contributed by atoms with E-state index in [0.717, 1.165) is 27.9 Å². The van der Waals surface area contributed by atoms with Crippen molar-refractivity contribution in [1.82, 2.24) is 15.6 Å². The van der Waals surface area contributed by atoms with Crippen LogP contribution in [0, 0.1) is 0 Å². The van der Waals surface area contributed by atoms with E-state index in [-0.39, 0.29) is 24.7 Å². The van der Waals surface area contributed by atoms with Crippen LogP contribution in [0.3, 0.4) is 0 Å². The van der Waals surface area contributed by atoms with E-state index in [1.165, 1.54) is 0 Å². The second-order valence-corrected chi connectivity index (χ2v) is 12.3. The summed E-state index contributed by atoms with van der Waals surface area (Å²) in [6.07, 6.45) is -0.717. The minimum absolute atomic E-state index is 0.104. The molecule has 4 aromatic rings. The van der Waals surface area contributed by atoms with E-state index in [0.29, 0.717) is 18.7 Å². The normalized spacial score (nSPS) is 14.2. The van der Waals surface area contributed by atoms with Crippen LogP contribution < -0.4 is 15.4 Å². The Morgan fingerprint density at radius 3 is 2.11 bits per heavy atom. The zero-order valence-corrected chi connectivity index (χ0v) is 26.5. The quantitative estimate of drug-likeness (QED) is 0.114. The first-order valence-corrected chi connectivity index (χ1v) is 15.4. The van der Waals surface area contributed by atoms with E-state index in [9.17, 15) is 15.0 Å². The highest BCUT2D eigenvalue weighted by Gasteiger charge is 2.32. The summed E-state index contributed by atoms with van der Waals surface area (Å²) in [7, 11) is 1.58. The minimum Gasteiger partial charge on any atom is -0.481 e. The molecule has 45 heavy (non-hydrogen) atoms. The van der Waals surface area contributed by atoms with Gasteiger partial charge in [0, 0.05) is 29.6 Å². The van der Waals surface area contributed by atoms with Gasteiger partial charge in [-0.2, -0.15) is 0 Å². The molecule has 0 aliphatic carbocycles. The molecule has 0 aliphatic rings. The lowest BCUT2D eigenvalue weighted by molar-refractivity contribution is -0.0287. The first-order chi connectivity index (χ1) is 21.6. The summed E-state index contributed by atoms with van der Waals surface area (Å²) >= 11 is 0. The number of ether oxygens (including phenoxy) is 2. The lowest BCUT2D eigenvalue weighted by Crippen LogP contribution is -2.50. The van der Waals surface area contributed by atoms with Gasteiger partial charge in [0.05, 0.1) is 31.2 Å². The number of pyridine rings is 1. The van der Waals surface area contributed by atoms with Gasteiger partial charge in [0.15, 0.2) is 0 Å². The van der Waals surface area contributed by atoms with Gasteiger partial charge in [-0.3, -0.25) is 5.32 Å². The summed E-state index contributed by atoms with van der Waals surface area (Å²) in [6.45, 7) is 6.20. The van der Waals surface area contributed by atoms with Crippen LogP contribution in [0.15, 0.2) is 103 Å². The Labute approximate surface area is 266 Å². The lowest BCUT2D eigenvalue weighted by atomic mass is 9.81. The topological polar surface area (TPSA) is 113 Å². The van der Waals surface area contributed by atoms with Crippen LogP contribution in [0.1, 0.15) is 49.8 Å². The Morgan fingerprint density at radius 1 is 0.844 bits per heavy atom. The van der Waals surface area contributed by atoms with Crippen LogP contribution in [0.5, 0.6) is 5.88 Å². The molecule has 0 spiro atoms. The molecule has 238 valence electrons. The molecule has 3 aromatic carbocycles. The standard InChI is InChI=1S/C37H45N3O5/c1-37(2,3)45-25-38-35(31(28-14-9-6-10-15-28)23-26-12-7-5-8-13-26)33(41)24-30(39-36(42)43)22-27-18-20-29(21-19-27)32-16-11-17-34(40-32)44-4/h5-21,30-31,33,35,38-39,41H,22-25H2,1-4H3,(H,42,43)/t30-,31?,33-,35-/m0/s1. The average molecular weight is 612 g/mol. The largest absolute Gasteiger partial charge is 0.481 e. The predicted octanol–water partition coefficient (Wildman–Crippen LogP) is 6.44. The van der Waals surface area contributed by atoms with Crippen LogP contribution in [-0.4, -0.2) is 58.9 Å². The molecular formula is C37H45N3O5. The Bertz CT molecular complexity index is 1460. The van der Waals surface area contributed by atoms with Gasteiger partial charge in [-0.15, -0.1) is 0 Å². The van der Waals surface area contributed by atoms with Gasteiger partial charge < -0.3 is 25.0 Å². The van der Waals surface area contributed by atoms with Crippen LogP contribution in [0.25, 0.3) is 11.3 Å². The number of aliphatic hydroxyl groups is 1. The number of benzene rings is 3. The van der Waals surface area contributed by atoms with E-state index in [2.05, 4.69) is 39.9 Å². The van der Waals surface area contributed by atoms with Crippen LogP contribution in [-0.2, 0) is 17.6 Å². The fraction of sp³-hybridized carbons (Fsp3) is 0.351. The highest BCUT2D eigenvalue weighted by molar-refractivity contribution is 5.65. The van der Waals surface area contributed by atoms with Crippen molar-refractivity contribution in [2.45, 2.75) is 69.7 Å². The monoisotopic (exact) mass is 611 g/mol. The maximum atomic E-state index is 11.9. The van der Waals surface area contributed by atoms with Crippen molar-refractivity contribution in [3.8, 4) is 17.1 Å². The number of hydrogen-bond acceptors (Lipinski definition) is 6. The van der Waals surface area contributed by atoms with Gasteiger partial charge in [-0.05, 0) is 62.8 Å². The number of aromatic nitrogens is 1. The molecule has 1 heterocycles. The van der Waals surface area contributed by atoms with E-state index < -0.39 is 24.3 Å². The molecule has 1 unspecified atom stereocenters. The number of hydrogen-bond donors (Lipinski definition) is 4. The Hall–Kier alpha value is -4.24. The second kappa shape index (κ2) is 16.2. The summed E-state index contributed by atoms with van der Waals surface area (Å²) in [6, 6.07) is 32.8. The molecule has 0 bridgehead atoms. The van der Waals surface area contributed by atoms with Crippen molar-refractivity contribution in [2.75, 3.05) is 13.8 Å². The summed E-state index contributed by atoms with van der Waals surface area (Å²) in [4.78, 5) is 16.4. The molecule has 1 aromatic heterocycles. The fourth-order valence-electron chi connectivity index (χ4n) is 5.51. The molecule has 4 atom stereocenters. The number of carbonyl (C=O) groups is 1. The van der Waals surface area contributed by atoms with Crippen LogP contribution >= 0.6 is 0 Å². The zero-order valence-electron chi connectivity index (χ0n) is 26.5. The fourth-order valence-corrected chi connectivity index (χ4v) is 5.51. The average Bonchev–Trinajstić information content (AvgIpc) is 3.02. The zero-order chi connectivity index (χ0) is 32.2. The van der Waals surface area contributed by atoms with Gasteiger partial charge in [-0.25, -0.2) is 9.78 Å². The molecular weight excluding hydrogens is 566 g/mol. The van der Waals surface area contributed by atoms with E-state index in [4.69, 9.17) is 9.47 Å². The van der Waals surface area contributed by atoms with Crippen molar-refractivity contribution >= 4 is 6.09 Å². The third kappa shape index (κ3) is 10.7. The van der Waals surface area contributed by atoms with Crippen LogP contribution in [0.2, 0.25) is 0 Å². The highest BCUT2D eigenvalue weighted by Crippen LogP contribution is 2.29. The molecule has 8 nitrogen and oxygen atoms in total. The Morgan fingerprint density at radius 2 is 1.49 bits per heavy atom. The lowest BCUT2D eigenvalue weighted by Gasteiger charge is -2.35. The molecule has 4 rings (SSSR count). The first kappa shape index (κ1) is 33.6. The van der Waals surface area contributed by atoms with E-state index in [1.54, 1.807) is 13.2 Å². The maximum Gasteiger partial charge on any atom is 0.404 e. The molecule has 8 heteroatoms. The Kier molecular flexibility index (Phi) is 12.1. The number of nitrogens with one attached hydrogen (secondary N) is 2. The number of rotatable bonds is 15. The highest BCUT2D eigenvalue weighted by atomic mass is 16.5. The molecule has 0 saturated heterocycles. The number of methoxy groups -OCH3 is 1. The molecule has 0 fully saturated rings. The number of amides is 1. The number of carboxylic acid groups (broad SMARTS) is 1. The van der Waals surface area contributed by atoms with E-state index in [1.807, 2.05) is 93.6 Å². The van der Waals surface area contributed by atoms with Gasteiger partial charge in [0.1, 0.15) is 0 Å². The minimum atomic E-state index is -1.13. The molecule has 0 radical (unpaired) electrons. The summed E-state index contributed by atoms with van der Waals surface area (Å²) < 4.78 is 11.3. The smallest absolute Gasteiger partial charge is 0.404 e. The van der Waals surface area contributed by atoms with Gasteiger partial charge in [0.25, 0.3) is 0 Å². The van der Waals surface area contributed by atoms with E-state index >= 15 is 0 Å². The SMILES string of the molecule is COc1cccc(-c2ccc(C[C@@H](C[C@H](O)[C@@H](NCOC(C)(C)C)C(Cc3ccccc3)c3ccccc3)NC(=O)O)cc2)n1. The maximum absolute atomic E-state index is 11.9. The summed E-state index contributed by atoms with van der Waals surface area (Å²) in [5, 5.41) is 27.7. The van der Waals surface area contributed by atoms with Crippen molar-refractivity contribution in [1.29, 1.82) is 0 Å². The molecule has 1 amide bonds. The number of aliphatic hydroxyl groups excluding tert-OH is 1. The summed E-state index contributed by atoms with van der Waals surface area (Å²) in [5.41, 5.74) is 4.51.